The third-order valence-corrected chi connectivity index (χ3v) is 4.94. The largest absolute Gasteiger partial charge is 0.350 e. The molecule has 1 aromatic carbocycles. The van der Waals surface area contributed by atoms with E-state index in [-0.39, 0.29) is 30.7 Å². The summed E-state index contributed by atoms with van der Waals surface area (Å²) in [6, 6.07) is 6.74. The first-order chi connectivity index (χ1) is 12.6. The van der Waals surface area contributed by atoms with Gasteiger partial charge in [-0.2, -0.15) is 9.61 Å². The van der Waals surface area contributed by atoms with Gasteiger partial charge in [-0.3, -0.25) is 19.3 Å². The van der Waals surface area contributed by atoms with Crippen LogP contribution < -0.4 is 5.32 Å². The highest BCUT2D eigenvalue weighted by atomic mass is 32.1. The Bertz CT molecular complexity index is 947. The Morgan fingerprint density at radius 2 is 1.88 bits per heavy atom. The van der Waals surface area contributed by atoms with Crippen LogP contribution in [0.4, 0.5) is 0 Å². The second-order valence-corrected chi connectivity index (χ2v) is 6.78. The third kappa shape index (κ3) is 2.94. The Labute approximate surface area is 151 Å². The Balaban J connectivity index is 1.26. The molecule has 0 spiro atoms. The highest BCUT2D eigenvalue weighted by molar-refractivity contribution is 7.16. The first kappa shape index (κ1) is 16.3. The number of imide groups is 1. The Kier molecular flexibility index (Phi) is 4.17. The molecule has 3 amide bonds. The molecule has 1 aliphatic rings. The second-order valence-electron chi connectivity index (χ2n) is 5.74. The number of benzene rings is 1. The number of rotatable bonds is 6. The molecular formula is C16H14N6O3S. The maximum atomic E-state index is 12.2. The molecule has 0 aliphatic carbocycles. The number of aromatic nitrogens is 4. The van der Waals surface area contributed by atoms with E-state index in [9.17, 15) is 14.4 Å². The zero-order valence-electron chi connectivity index (χ0n) is 13.6. The number of nitrogens with zero attached hydrogens (tertiary/aromatic N) is 5. The van der Waals surface area contributed by atoms with Gasteiger partial charge in [0.2, 0.25) is 10.9 Å². The van der Waals surface area contributed by atoms with Crippen LogP contribution in [0, 0.1) is 0 Å². The van der Waals surface area contributed by atoms with Crippen molar-refractivity contribution >= 4 is 34.0 Å². The lowest BCUT2D eigenvalue weighted by atomic mass is 10.1. The van der Waals surface area contributed by atoms with Crippen LogP contribution in [0.2, 0.25) is 0 Å². The van der Waals surface area contributed by atoms with E-state index in [4.69, 9.17) is 0 Å². The zero-order chi connectivity index (χ0) is 18.1. The van der Waals surface area contributed by atoms with Gasteiger partial charge >= 0.3 is 0 Å². The molecule has 1 aliphatic heterocycles. The van der Waals surface area contributed by atoms with Gasteiger partial charge in [-0.25, -0.2) is 0 Å². The number of amides is 3. The zero-order valence-corrected chi connectivity index (χ0v) is 14.4. The summed E-state index contributed by atoms with van der Waals surface area (Å²) < 4.78 is 1.55. The molecule has 0 unspecified atom stereocenters. The monoisotopic (exact) mass is 370 g/mol. The molecule has 2 aromatic heterocycles. The maximum Gasteiger partial charge on any atom is 0.261 e. The molecule has 10 heteroatoms. The third-order valence-electron chi connectivity index (χ3n) is 4.03. The van der Waals surface area contributed by atoms with Gasteiger partial charge in [-0.05, 0) is 18.6 Å². The van der Waals surface area contributed by atoms with Gasteiger partial charge in [0.05, 0.1) is 17.7 Å². The number of nitrogens with one attached hydrogen (secondary N) is 1. The van der Waals surface area contributed by atoms with Gasteiger partial charge in [0.15, 0.2) is 0 Å². The van der Waals surface area contributed by atoms with E-state index in [2.05, 4.69) is 20.6 Å². The lowest BCUT2D eigenvalue weighted by molar-refractivity contribution is -0.121. The molecule has 3 heterocycles. The Morgan fingerprint density at radius 3 is 2.58 bits per heavy atom. The van der Waals surface area contributed by atoms with Crippen molar-refractivity contribution in [2.24, 2.45) is 0 Å². The normalized spacial score (nSPS) is 13.5. The van der Waals surface area contributed by atoms with Crippen molar-refractivity contribution in [3.8, 4) is 0 Å². The molecule has 0 bridgehead atoms. The van der Waals surface area contributed by atoms with Crippen LogP contribution in [0.1, 0.15) is 38.6 Å². The van der Waals surface area contributed by atoms with Crippen molar-refractivity contribution in [3.63, 3.8) is 0 Å². The smallest absolute Gasteiger partial charge is 0.261 e. The molecular weight excluding hydrogens is 356 g/mol. The average Bonchev–Trinajstić information content (AvgIpc) is 3.29. The van der Waals surface area contributed by atoms with Crippen LogP contribution in [-0.2, 0) is 11.3 Å². The van der Waals surface area contributed by atoms with Crippen LogP contribution in [0.25, 0.3) is 4.96 Å². The minimum atomic E-state index is -0.300. The maximum absolute atomic E-state index is 12.2. The van der Waals surface area contributed by atoms with Crippen LogP contribution >= 0.6 is 11.3 Å². The number of carbonyl (C=O) groups is 3. The van der Waals surface area contributed by atoms with Crippen LogP contribution in [0.5, 0.6) is 0 Å². The molecule has 4 rings (SSSR count). The first-order valence-electron chi connectivity index (χ1n) is 8.01. The van der Waals surface area contributed by atoms with Crippen molar-refractivity contribution < 1.29 is 14.4 Å². The minimum Gasteiger partial charge on any atom is -0.350 e. The fourth-order valence-electron chi connectivity index (χ4n) is 2.78. The lowest BCUT2D eigenvalue weighted by Gasteiger charge is -2.13. The molecule has 132 valence electrons. The summed E-state index contributed by atoms with van der Waals surface area (Å²) in [5, 5.41) is 15.3. The number of hydrogen-bond donors (Lipinski definition) is 1. The van der Waals surface area contributed by atoms with Gasteiger partial charge in [0, 0.05) is 13.0 Å². The van der Waals surface area contributed by atoms with E-state index >= 15 is 0 Å². The highest BCUT2D eigenvalue weighted by Crippen LogP contribution is 2.22. The molecule has 0 saturated carbocycles. The lowest BCUT2D eigenvalue weighted by Crippen LogP contribution is -2.32. The molecule has 0 fully saturated rings. The second kappa shape index (κ2) is 6.64. The first-order valence-corrected chi connectivity index (χ1v) is 8.83. The van der Waals surface area contributed by atoms with E-state index in [0.29, 0.717) is 29.1 Å². The predicted molar refractivity (Wildman–Crippen MR) is 91.5 cm³/mol. The molecule has 9 nitrogen and oxygen atoms in total. The van der Waals surface area contributed by atoms with Gasteiger partial charge in [-0.1, -0.05) is 23.5 Å². The summed E-state index contributed by atoms with van der Waals surface area (Å²) in [5.41, 5.74) is 0.843. The summed E-state index contributed by atoms with van der Waals surface area (Å²) in [5.74, 6) is -0.760. The summed E-state index contributed by atoms with van der Waals surface area (Å²) in [6.45, 7) is 0.524. The van der Waals surface area contributed by atoms with Crippen molar-refractivity contribution in [3.05, 3.63) is 46.7 Å². The van der Waals surface area contributed by atoms with E-state index in [1.165, 1.54) is 22.6 Å². The number of carbonyl (C=O) groups excluding carboxylic acids is 3. The van der Waals surface area contributed by atoms with Gasteiger partial charge in [0.25, 0.3) is 11.8 Å². The molecule has 0 atom stereocenters. The van der Waals surface area contributed by atoms with Crippen LogP contribution in [0.3, 0.4) is 0 Å². The summed E-state index contributed by atoms with van der Waals surface area (Å²) in [7, 11) is 0. The minimum absolute atomic E-state index is 0.160. The fourth-order valence-corrected chi connectivity index (χ4v) is 3.53. The van der Waals surface area contributed by atoms with Crippen LogP contribution in [0.15, 0.2) is 30.6 Å². The Morgan fingerprint density at radius 1 is 1.15 bits per heavy atom. The van der Waals surface area contributed by atoms with Crippen molar-refractivity contribution in [2.45, 2.75) is 19.4 Å². The van der Waals surface area contributed by atoms with Gasteiger partial charge < -0.3 is 5.32 Å². The van der Waals surface area contributed by atoms with E-state index in [0.717, 1.165) is 5.01 Å². The van der Waals surface area contributed by atoms with Crippen LogP contribution in [-0.4, -0.2) is 49.0 Å². The van der Waals surface area contributed by atoms with E-state index < -0.39 is 0 Å². The molecule has 1 N–H and O–H groups in total. The van der Waals surface area contributed by atoms with Gasteiger partial charge in [0.1, 0.15) is 11.3 Å². The highest BCUT2D eigenvalue weighted by Gasteiger charge is 2.34. The average molecular weight is 370 g/mol. The molecule has 0 radical (unpaired) electrons. The Hall–Kier alpha value is -3.14. The predicted octanol–water partition coefficient (Wildman–Crippen LogP) is 0.878. The standard InChI is InChI=1S/C16H14N6O3S/c23-12(17-8-13-20-22-9-18-19-16(22)26-13)6-3-7-21-14(24)10-4-1-2-5-11(10)15(21)25/h1-2,4-5,9H,3,6-8H2,(H,17,23). The van der Waals surface area contributed by atoms with Crippen molar-refractivity contribution in [1.29, 1.82) is 0 Å². The summed E-state index contributed by atoms with van der Waals surface area (Å²) in [4.78, 5) is 38.3. The number of fused-ring (bicyclic) bond motifs is 2. The van der Waals surface area contributed by atoms with Crippen molar-refractivity contribution in [2.75, 3.05) is 6.54 Å². The van der Waals surface area contributed by atoms with Crippen molar-refractivity contribution in [1.82, 2.24) is 30.0 Å². The topological polar surface area (TPSA) is 110 Å². The SMILES string of the molecule is O=C(CCCN1C(=O)c2ccccc2C1=O)NCc1nn2cnnc2s1. The quantitative estimate of drug-likeness (QED) is 0.645. The molecule has 0 saturated heterocycles. The number of hydrogen-bond acceptors (Lipinski definition) is 7. The molecule has 3 aromatic rings. The summed E-state index contributed by atoms with van der Waals surface area (Å²) >= 11 is 1.35. The fraction of sp³-hybridized carbons (Fsp3) is 0.250. The van der Waals surface area contributed by atoms with E-state index in [1.807, 2.05) is 0 Å². The van der Waals surface area contributed by atoms with E-state index in [1.54, 1.807) is 28.8 Å². The summed E-state index contributed by atoms with van der Waals surface area (Å²) in [6.07, 6.45) is 2.12. The molecule has 26 heavy (non-hydrogen) atoms. The van der Waals surface area contributed by atoms with Gasteiger partial charge in [-0.15, -0.1) is 10.2 Å².